The fourth-order valence-corrected chi connectivity index (χ4v) is 2.41. The third kappa shape index (κ3) is 3.31. The molecule has 0 bridgehead atoms. The van der Waals surface area contributed by atoms with E-state index in [4.69, 9.17) is 4.74 Å². The van der Waals surface area contributed by atoms with Gasteiger partial charge in [0.15, 0.2) is 11.4 Å². The molecular weight excluding hydrogens is 288 g/mol. The lowest BCUT2D eigenvalue weighted by molar-refractivity contribution is 0.362. The Kier molecular flexibility index (Phi) is 4.24. The molecule has 0 atom stereocenters. The number of rotatable bonds is 4. The number of hydrogen-bond acceptors (Lipinski definition) is 3. The summed E-state index contributed by atoms with van der Waals surface area (Å²) in [7, 11) is 0. The van der Waals surface area contributed by atoms with Crippen LogP contribution in [0.5, 0.6) is 5.75 Å². The highest BCUT2D eigenvalue weighted by Gasteiger charge is 2.09. The molecule has 1 aromatic carbocycles. The molecule has 0 aliphatic heterocycles. The molecule has 2 aromatic heterocycles. The van der Waals surface area contributed by atoms with Crippen LogP contribution in [0.1, 0.15) is 16.8 Å². The Balaban J connectivity index is 1.86. The number of nitrogens with zero attached hydrogens (tertiary/aromatic N) is 2. The van der Waals surface area contributed by atoms with Crippen LogP contribution in [0.2, 0.25) is 0 Å². The molecule has 0 aliphatic carbocycles. The molecular formula is C19H18N2O2. The zero-order valence-corrected chi connectivity index (χ0v) is 13.2. The lowest BCUT2D eigenvalue weighted by Crippen LogP contribution is -2.15. The van der Waals surface area contributed by atoms with Crippen LogP contribution in [-0.2, 0) is 0 Å². The Hall–Kier alpha value is -2.88. The van der Waals surface area contributed by atoms with Crippen LogP contribution in [0.3, 0.4) is 0 Å². The summed E-state index contributed by atoms with van der Waals surface area (Å²) in [5.74, 6) is 0.644. The van der Waals surface area contributed by atoms with Gasteiger partial charge in [0, 0.05) is 18.0 Å². The summed E-state index contributed by atoms with van der Waals surface area (Å²) in [6.45, 7) is 4.17. The molecule has 0 aliphatic rings. The Bertz CT molecular complexity index is 912. The zero-order chi connectivity index (χ0) is 16.2. The first-order valence-electron chi connectivity index (χ1n) is 7.49. The van der Waals surface area contributed by atoms with Gasteiger partial charge in [-0.25, -0.2) is 4.98 Å². The van der Waals surface area contributed by atoms with Gasteiger partial charge in [0.25, 0.3) is 5.56 Å². The van der Waals surface area contributed by atoms with Gasteiger partial charge in [-0.1, -0.05) is 36.4 Å². The molecule has 3 rings (SSSR count). The average molecular weight is 306 g/mol. The van der Waals surface area contributed by atoms with Crippen molar-refractivity contribution < 1.29 is 4.74 Å². The van der Waals surface area contributed by atoms with Crippen molar-refractivity contribution in [1.82, 2.24) is 9.38 Å². The normalized spacial score (nSPS) is 11.2. The zero-order valence-electron chi connectivity index (χ0n) is 13.2. The summed E-state index contributed by atoms with van der Waals surface area (Å²) < 4.78 is 7.38. The second-order valence-electron chi connectivity index (χ2n) is 5.38. The summed E-state index contributed by atoms with van der Waals surface area (Å²) in [5, 5.41) is 0. The minimum absolute atomic E-state index is 0.0998. The Morgan fingerprint density at radius 1 is 1.17 bits per heavy atom. The number of aryl methyl sites for hydroxylation is 2. The first-order chi connectivity index (χ1) is 11.1. The molecule has 116 valence electrons. The van der Waals surface area contributed by atoms with Crippen LogP contribution < -0.4 is 10.3 Å². The first kappa shape index (κ1) is 15.0. The van der Waals surface area contributed by atoms with E-state index in [1.165, 1.54) is 10.5 Å². The maximum Gasteiger partial charge on any atom is 0.258 e. The highest BCUT2D eigenvalue weighted by molar-refractivity contribution is 5.58. The molecule has 4 heteroatoms. The van der Waals surface area contributed by atoms with Gasteiger partial charge in [0.2, 0.25) is 0 Å². The highest BCUT2D eigenvalue weighted by atomic mass is 16.5. The molecule has 0 fully saturated rings. The van der Waals surface area contributed by atoms with E-state index in [0.717, 1.165) is 11.1 Å². The van der Waals surface area contributed by atoms with Crippen LogP contribution in [0.15, 0.2) is 59.5 Å². The third-order valence-corrected chi connectivity index (χ3v) is 3.55. The highest BCUT2D eigenvalue weighted by Crippen LogP contribution is 2.22. The predicted molar refractivity (Wildman–Crippen MR) is 91.9 cm³/mol. The molecule has 0 radical (unpaired) electrons. The van der Waals surface area contributed by atoms with Gasteiger partial charge in [-0.05, 0) is 37.1 Å². The van der Waals surface area contributed by atoms with Crippen LogP contribution >= 0.6 is 0 Å². The van der Waals surface area contributed by atoms with Crippen molar-refractivity contribution in [1.29, 1.82) is 0 Å². The summed E-state index contributed by atoms with van der Waals surface area (Å²) in [5.41, 5.74) is 3.22. The van der Waals surface area contributed by atoms with Crippen molar-refractivity contribution in [2.24, 2.45) is 0 Å². The van der Waals surface area contributed by atoms with Gasteiger partial charge in [-0.15, -0.1) is 0 Å². The molecule has 0 unspecified atom stereocenters. The van der Waals surface area contributed by atoms with E-state index in [2.05, 4.69) is 4.98 Å². The summed E-state index contributed by atoms with van der Waals surface area (Å²) >= 11 is 0. The summed E-state index contributed by atoms with van der Waals surface area (Å²) in [4.78, 5) is 16.5. The summed E-state index contributed by atoms with van der Waals surface area (Å²) in [6, 6.07) is 13.4. The van der Waals surface area contributed by atoms with Crippen LogP contribution in [0, 0.1) is 13.8 Å². The van der Waals surface area contributed by atoms with Crippen LogP contribution in [0.4, 0.5) is 0 Å². The van der Waals surface area contributed by atoms with Gasteiger partial charge in [-0.3, -0.25) is 9.20 Å². The maximum absolute atomic E-state index is 12.0. The number of hydrogen-bond donors (Lipinski definition) is 0. The Morgan fingerprint density at radius 3 is 2.74 bits per heavy atom. The minimum Gasteiger partial charge on any atom is -0.485 e. The average Bonchev–Trinajstić information content (AvgIpc) is 2.54. The predicted octanol–water partition coefficient (Wildman–Crippen LogP) is 3.40. The fraction of sp³-hybridized carbons (Fsp3) is 0.158. The number of benzene rings is 1. The van der Waals surface area contributed by atoms with E-state index >= 15 is 0 Å². The largest absolute Gasteiger partial charge is 0.485 e. The van der Waals surface area contributed by atoms with Crippen LogP contribution in [-0.4, -0.2) is 16.0 Å². The molecule has 0 saturated carbocycles. The second kappa shape index (κ2) is 6.48. The van der Waals surface area contributed by atoms with Gasteiger partial charge < -0.3 is 4.74 Å². The lowest BCUT2D eigenvalue weighted by Gasteiger charge is -2.11. The van der Waals surface area contributed by atoms with Crippen molar-refractivity contribution in [2.75, 3.05) is 6.61 Å². The monoisotopic (exact) mass is 306 g/mol. The van der Waals surface area contributed by atoms with Crippen molar-refractivity contribution in [2.45, 2.75) is 13.8 Å². The number of pyridine rings is 1. The topological polar surface area (TPSA) is 43.6 Å². The smallest absolute Gasteiger partial charge is 0.258 e. The van der Waals surface area contributed by atoms with Crippen molar-refractivity contribution >= 4 is 11.7 Å². The quantitative estimate of drug-likeness (QED) is 0.742. The fourth-order valence-electron chi connectivity index (χ4n) is 2.41. The maximum atomic E-state index is 12.0. The van der Waals surface area contributed by atoms with E-state index in [1.54, 1.807) is 6.20 Å². The molecule has 2 heterocycles. The molecule has 23 heavy (non-hydrogen) atoms. The van der Waals surface area contributed by atoms with E-state index in [0.29, 0.717) is 23.7 Å². The molecule has 0 amide bonds. The van der Waals surface area contributed by atoms with Crippen molar-refractivity contribution in [3.05, 3.63) is 81.9 Å². The van der Waals surface area contributed by atoms with E-state index < -0.39 is 0 Å². The molecule has 0 N–H and O–H groups in total. The standard InChI is InChI=1S/C19H18N2O2/c1-14-10-11-21-17(22)13-15(2)20-19(21)18(14)23-12-6-9-16-7-4-3-5-8-16/h3-11,13H,12H2,1-2H3/b9-6+. The first-order valence-corrected chi connectivity index (χ1v) is 7.49. The van der Waals surface area contributed by atoms with Crippen LogP contribution in [0.25, 0.3) is 11.7 Å². The van der Waals surface area contributed by atoms with E-state index in [1.807, 2.05) is 62.4 Å². The second-order valence-corrected chi connectivity index (χ2v) is 5.38. The number of aromatic nitrogens is 2. The minimum atomic E-state index is -0.0998. The van der Waals surface area contributed by atoms with Crippen molar-refractivity contribution in [3.8, 4) is 5.75 Å². The lowest BCUT2D eigenvalue weighted by atomic mass is 10.2. The SMILES string of the molecule is Cc1cc(=O)n2ccc(C)c(OC/C=C/c3ccccc3)c2n1. The van der Waals surface area contributed by atoms with Crippen molar-refractivity contribution in [3.63, 3.8) is 0 Å². The van der Waals surface area contributed by atoms with Gasteiger partial charge >= 0.3 is 0 Å². The van der Waals surface area contributed by atoms with Gasteiger partial charge in [0.1, 0.15) is 6.61 Å². The number of fused-ring (bicyclic) bond motifs is 1. The van der Waals surface area contributed by atoms with Gasteiger partial charge in [0.05, 0.1) is 0 Å². The Morgan fingerprint density at radius 2 is 1.96 bits per heavy atom. The molecule has 4 nitrogen and oxygen atoms in total. The molecule has 3 aromatic rings. The Labute approximate surface area is 134 Å². The van der Waals surface area contributed by atoms with Gasteiger partial charge in [-0.2, -0.15) is 0 Å². The van der Waals surface area contributed by atoms with E-state index in [-0.39, 0.29) is 5.56 Å². The molecule has 0 saturated heterocycles. The summed E-state index contributed by atoms with van der Waals surface area (Å²) in [6.07, 6.45) is 5.68. The number of ether oxygens (including phenoxy) is 1. The molecule has 0 spiro atoms. The third-order valence-electron chi connectivity index (χ3n) is 3.55. The van der Waals surface area contributed by atoms with E-state index in [9.17, 15) is 4.79 Å².